The summed E-state index contributed by atoms with van der Waals surface area (Å²) in [5.74, 6) is 1.15. The molecule has 0 unspecified atom stereocenters. The number of fused-ring (bicyclic) bond motifs is 4. The standard InChI is InChI=1S/C24H23N3O/c25-14-17-8-9-22-21(13-17)18(15-26-22)5-3-4-11-27-12-10-20-19-6-1-2-7-23(19)28-24(20)16-27/h1-2,6-9,13,15,26H,3-5,10-12,16H2. The van der Waals surface area contributed by atoms with Gasteiger partial charge in [-0.15, -0.1) is 0 Å². The Morgan fingerprint density at radius 1 is 1.11 bits per heavy atom. The first kappa shape index (κ1) is 17.1. The van der Waals surface area contributed by atoms with Crippen LogP contribution >= 0.6 is 0 Å². The van der Waals surface area contributed by atoms with Crippen LogP contribution in [-0.2, 0) is 19.4 Å². The molecule has 4 heteroatoms. The topological polar surface area (TPSA) is 56.0 Å². The number of furan rings is 1. The molecule has 1 aliphatic rings. The Bertz CT molecular complexity index is 1180. The van der Waals surface area contributed by atoms with Crippen LogP contribution in [0, 0.1) is 11.3 Å². The molecule has 0 spiro atoms. The van der Waals surface area contributed by atoms with Crippen LogP contribution in [0.15, 0.2) is 53.1 Å². The van der Waals surface area contributed by atoms with Crippen LogP contribution in [-0.4, -0.2) is 23.0 Å². The number of benzene rings is 2. The van der Waals surface area contributed by atoms with Gasteiger partial charge in [0, 0.05) is 34.6 Å². The molecular weight excluding hydrogens is 346 g/mol. The first-order chi connectivity index (χ1) is 13.8. The van der Waals surface area contributed by atoms with Crippen molar-refractivity contribution < 1.29 is 4.42 Å². The number of aryl methyl sites for hydroxylation is 1. The zero-order chi connectivity index (χ0) is 18.9. The maximum absolute atomic E-state index is 9.13. The Morgan fingerprint density at radius 3 is 2.96 bits per heavy atom. The SMILES string of the molecule is N#Cc1ccc2[nH]cc(CCCCN3CCc4c(oc5ccccc45)C3)c2c1. The van der Waals surface area contributed by atoms with Gasteiger partial charge in [-0.25, -0.2) is 0 Å². The number of para-hydroxylation sites is 1. The number of H-pyrrole nitrogens is 1. The maximum atomic E-state index is 9.13. The van der Waals surface area contributed by atoms with Crippen LogP contribution in [0.3, 0.4) is 0 Å². The highest BCUT2D eigenvalue weighted by Gasteiger charge is 2.21. The summed E-state index contributed by atoms with van der Waals surface area (Å²) in [5, 5.41) is 11.6. The van der Waals surface area contributed by atoms with Gasteiger partial charge in [-0.05, 0) is 62.1 Å². The maximum Gasteiger partial charge on any atom is 0.134 e. The molecule has 0 atom stereocenters. The molecule has 0 saturated carbocycles. The van der Waals surface area contributed by atoms with Gasteiger partial charge in [-0.1, -0.05) is 18.2 Å². The highest BCUT2D eigenvalue weighted by atomic mass is 16.3. The number of aromatic nitrogens is 1. The Kier molecular flexibility index (Phi) is 4.38. The van der Waals surface area contributed by atoms with Crippen molar-refractivity contribution in [1.82, 2.24) is 9.88 Å². The van der Waals surface area contributed by atoms with E-state index in [1.54, 1.807) is 0 Å². The number of nitriles is 1. The molecule has 0 aliphatic carbocycles. The average Bonchev–Trinajstić information content (AvgIpc) is 3.31. The third kappa shape index (κ3) is 3.08. The largest absolute Gasteiger partial charge is 0.459 e. The smallest absolute Gasteiger partial charge is 0.134 e. The molecule has 4 nitrogen and oxygen atoms in total. The minimum atomic E-state index is 0.725. The lowest BCUT2D eigenvalue weighted by atomic mass is 10.0. The molecule has 0 fully saturated rings. The van der Waals surface area contributed by atoms with Gasteiger partial charge in [0.15, 0.2) is 0 Å². The van der Waals surface area contributed by atoms with Crippen LogP contribution in [0.25, 0.3) is 21.9 Å². The van der Waals surface area contributed by atoms with E-state index >= 15 is 0 Å². The van der Waals surface area contributed by atoms with E-state index in [2.05, 4.69) is 40.3 Å². The molecule has 4 aromatic rings. The summed E-state index contributed by atoms with van der Waals surface area (Å²) in [4.78, 5) is 5.83. The fourth-order valence-electron chi connectivity index (χ4n) is 4.40. The van der Waals surface area contributed by atoms with Crippen molar-refractivity contribution in [2.75, 3.05) is 13.1 Å². The Hall–Kier alpha value is -3.03. The summed E-state index contributed by atoms with van der Waals surface area (Å²) in [7, 11) is 0. The van der Waals surface area contributed by atoms with Gasteiger partial charge >= 0.3 is 0 Å². The summed E-state index contributed by atoms with van der Waals surface area (Å²) >= 11 is 0. The fraction of sp³-hybridized carbons (Fsp3) is 0.292. The van der Waals surface area contributed by atoms with E-state index in [4.69, 9.17) is 9.68 Å². The van der Waals surface area contributed by atoms with Gasteiger partial charge in [-0.3, -0.25) is 4.90 Å². The Balaban J connectivity index is 1.19. The summed E-state index contributed by atoms with van der Waals surface area (Å²) in [6.45, 7) is 3.13. The van der Waals surface area contributed by atoms with E-state index in [0.717, 1.165) is 61.3 Å². The summed E-state index contributed by atoms with van der Waals surface area (Å²) in [6, 6.07) is 16.5. The van der Waals surface area contributed by atoms with E-state index in [-0.39, 0.29) is 0 Å². The molecule has 28 heavy (non-hydrogen) atoms. The minimum absolute atomic E-state index is 0.725. The molecule has 0 amide bonds. The highest BCUT2D eigenvalue weighted by Crippen LogP contribution is 2.30. The number of hydrogen-bond donors (Lipinski definition) is 1. The second-order valence-corrected chi connectivity index (χ2v) is 7.67. The first-order valence-electron chi connectivity index (χ1n) is 10.0. The predicted molar refractivity (Wildman–Crippen MR) is 111 cm³/mol. The van der Waals surface area contributed by atoms with Gasteiger partial charge in [-0.2, -0.15) is 5.26 Å². The number of nitrogens with one attached hydrogen (secondary N) is 1. The lowest BCUT2D eigenvalue weighted by Crippen LogP contribution is -2.30. The zero-order valence-electron chi connectivity index (χ0n) is 15.9. The fourth-order valence-corrected chi connectivity index (χ4v) is 4.40. The molecule has 2 aromatic carbocycles. The average molecular weight is 369 g/mol. The van der Waals surface area contributed by atoms with Crippen molar-refractivity contribution >= 4 is 21.9 Å². The van der Waals surface area contributed by atoms with E-state index < -0.39 is 0 Å². The number of rotatable bonds is 5. The summed E-state index contributed by atoms with van der Waals surface area (Å²) in [6.07, 6.45) is 6.52. The second kappa shape index (κ2) is 7.18. The Morgan fingerprint density at radius 2 is 2.04 bits per heavy atom. The highest BCUT2D eigenvalue weighted by molar-refractivity contribution is 5.84. The first-order valence-corrected chi connectivity index (χ1v) is 10.0. The van der Waals surface area contributed by atoms with Gasteiger partial charge in [0.05, 0.1) is 18.2 Å². The van der Waals surface area contributed by atoms with Crippen molar-refractivity contribution in [2.24, 2.45) is 0 Å². The van der Waals surface area contributed by atoms with Gasteiger partial charge in [0.25, 0.3) is 0 Å². The third-order valence-electron chi connectivity index (χ3n) is 5.89. The molecule has 2 aromatic heterocycles. The number of hydrogen-bond acceptors (Lipinski definition) is 3. The van der Waals surface area contributed by atoms with Crippen molar-refractivity contribution in [3.63, 3.8) is 0 Å². The molecule has 140 valence electrons. The van der Waals surface area contributed by atoms with Crippen molar-refractivity contribution in [3.8, 4) is 6.07 Å². The monoisotopic (exact) mass is 369 g/mol. The zero-order valence-corrected chi connectivity index (χ0v) is 15.9. The van der Waals surface area contributed by atoms with Gasteiger partial charge < -0.3 is 9.40 Å². The molecule has 0 saturated heterocycles. The van der Waals surface area contributed by atoms with Crippen LogP contribution in [0.5, 0.6) is 0 Å². The molecule has 1 N–H and O–H groups in total. The number of nitrogens with zero attached hydrogens (tertiary/aromatic N) is 2. The third-order valence-corrected chi connectivity index (χ3v) is 5.89. The van der Waals surface area contributed by atoms with Crippen molar-refractivity contribution in [2.45, 2.75) is 32.2 Å². The molecule has 5 rings (SSSR count). The van der Waals surface area contributed by atoms with E-state index in [1.807, 2.05) is 24.3 Å². The van der Waals surface area contributed by atoms with E-state index in [0.29, 0.717) is 0 Å². The number of unbranched alkanes of at least 4 members (excludes halogenated alkanes) is 1. The Labute approximate surface area is 164 Å². The van der Waals surface area contributed by atoms with Crippen LogP contribution < -0.4 is 0 Å². The minimum Gasteiger partial charge on any atom is -0.459 e. The van der Waals surface area contributed by atoms with Gasteiger partial charge in [0.1, 0.15) is 11.3 Å². The van der Waals surface area contributed by atoms with Crippen LogP contribution in [0.4, 0.5) is 0 Å². The molecule has 1 aliphatic heterocycles. The van der Waals surface area contributed by atoms with E-state index in [9.17, 15) is 0 Å². The molecule has 3 heterocycles. The second-order valence-electron chi connectivity index (χ2n) is 7.67. The van der Waals surface area contributed by atoms with Crippen molar-refractivity contribution in [3.05, 3.63) is 71.1 Å². The van der Waals surface area contributed by atoms with Gasteiger partial charge in [0.2, 0.25) is 0 Å². The van der Waals surface area contributed by atoms with Crippen LogP contribution in [0.2, 0.25) is 0 Å². The number of aromatic amines is 1. The lowest BCUT2D eigenvalue weighted by molar-refractivity contribution is 0.227. The molecule has 0 bridgehead atoms. The van der Waals surface area contributed by atoms with Crippen LogP contribution in [0.1, 0.15) is 35.3 Å². The predicted octanol–water partition coefficient (Wildman–Crippen LogP) is 5.17. The summed E-state index contributed by atoms with van der Waals surface area (Å²) < 4.78 is 6.08. The molecule has 0 radical (unpaired) electrons. The lowest BCUT2D eigenvalue weighted by Gasteiger charge is -2.25. The normalized spacial score (nSPS) is 14.4. The summed E-state index contributed by atoms with van der Waals surface area (Å²) in [5.41, 5.74) is 5.57. The van der Waals surface area contributed by atoms with E-state index in [1.165, 1.54) is 28.3 Å². The molecular formula is C24H23N3O. The van der Waals surface area contributed by atoms with Crippen molar-refractivity contribution in [1.29, 1.82) is 5.26 Å². The quantitative estimate of drug-likeness (QED) is 0.494.